The molecule has 0 radical (unpaired) electrons. The van der Waals surface area contributed by atoms with Gasteiger partial charge in [-0.05, 0) is 63.9 Å². The quantitative estimate of drug-likeness (QED) is 0.366. The number of anilines is 1. The van der Waals surface area contributed by atoms with Crippen LogP contribution in [-0.2, 0) is 26.2 Å². The van der Waals surface area contributed by atoms with E-state index >= 15 is 0 Å². The number of hydrogen-bond donors (Lipinski definition) is 1. The molecular weight excluding hydrogens is 554 g/mol. The van der Waals surface area contributed by atoms with E-state index in [9.17, 15) is 18.0 Å². The van der Waals surface area contributed by atoms with Crippen LogP contribution in [0.1, 0.15) is 45.2 Å². The predicted octanol–water partition coefficient (Wildman–Crippen LogP) is 4.68. The van der Waals surface area contributed by atoms with Crippen molar-refractivity contribution in [1.82, 2.24) is 10.2 Å². The van der Waals surface area contributed by atoms with Gasteiger partial charge in [0.1, 0.15) is 25.8 Å². The van der Waals surface area contributed by atoms with Crippen molar-refractivity contribution >= 4 is 27.5 Å². The summed E-state index contributed by atoms with van der Waals surface area (Å²) in [5.41, 5.74) is 1.58. The molecular formula is C32H39N3O6S. The largest absolute Gasteiger partial charge is 0.486 e. The second kappa shape index (κ2) is 12.9. The van der Waals surface area contributed by atoms with Gasteiger partial charge < -0.3 is 19.7 Å². The topological polar surface area (TPSA) is 105 Å². The van der Waals surface area contributed by atoms with Crippen LogP contribution in [0.3, 0.4) is 0 Å². The van der Waals surface area contributed by atoms with E-state index in [2.05, 4.69) is 5.32 Å². The number of rotatable bonds is 10. The molecule has 0 aliphatic carbocycles. The molecule has 224 valence electrons. The average molecular weight is 594 g/mol. The first-order valence-corrected chi connectivity index (χ1v) is 15.5. The van der Waals surface area contributed by atoms with Crippen LogP contribution in [0.4, 0.5) is 5.69 Å². The smallest absolute Gasteiger partial charge is 0.264 e. The van der Waals surface area contributed by atoms with Crippen LogP contribution in [0.5, 0.6) is 11.5 Å². The molecule has 4 rings (SSSR count). The number of hydrogen-bond acceptors (Lipinski definition) is 6. The van der Waals surface area contributed by atoms with E-state index in [1.54, 1.807) is 36.4 Å². The van der Waals surface area contributed by atoms with E-state index in [1.807, 2.05) is 58.9 Å². The molecule has 3 aromatic carbocycles. The third-order valence-electron chi connectivity index (χ3n) is 6.74. The Hall–Kier alpha value is -4.05. The summed E-state index contributed by atoms with van der Waals surface area (Å²) in [5, 5.41) is 2.98. The standard InChI is InChI=1S/C32H39N3O6S/c1-6-27(31(37)33-32(3,4)5)34(21-24-12-10-11-23(2)19-24)30(36)22-35(42(38,39)26-13-8-7-9-14-26)25-15-16-28-29(20-25)41-18-17-40-28/h7-16,19-20,27H,6,17-18,21-22H2,1-5H3,(H,33,37)/t27-/m1/s1. The van der Waals surface area contributed by atoms with Crippen molar-refractivity contribution in [2.45, 2.75) is 64.1 Å². The average Bonchev–Trinajstić information content (AvgIpc) is 2.95. The number of amides is 2. The van der Waals surface area contributed by atoms with Gasteiger partial charge in [0.05, 0.1) is 10.6 Å². The number of carbonyl (C=O) groups excluding carboxylic acids is 2. The van der Waals surface area contributed by atoms with Crippen LogP contribution in [-0.4, -0.2) is 56.5 Å². The fourth-order valence-corrected chi connectivity index (χ4v) is 6.24. The van der Waals surface area contributed by atoms with Crippen LogP contribution in [0.15, 0.2) is 77.7 Å². The first kappa shape index (κ1) is 30.9. The number of fused-ring (bicyclic) bond motifs is 1. The van der Waals surface area contributed by atoms with Crippen LogP contribution in [0.2, 0.25) is 0 Å². The van der Waals surface area contributed by atoms with Crippen molar-refractivity contribution in [1.29, 1.82) is 0 Å². The Morgan fingerprint density at radius 1 is 0.929 bits per heavy atom. The molecule has 0 saturated carbocycles. The highest BCUT2D eigenvalue weighted by molar-refractivity contribution is 7.92. The Morgan fingerprint density at radius 3 is 2.26 bits per heavy atom. The molecule has 2 amide bonds. The monoisotopic (exact) mass is 593 g/mol. The maximum absolute atomic E-state index is 14.2. The summed E-state index contributed by atoms with van der Waals surface area (Å²) < 4.78 is 40.5. The number of carbonyl (C=O) groups is 2. The molecule has 1 N–H and O–H groups in total. The minimum absolute atomic E-state index is 0.0374. The Balaban J connectivity index is 1.76. The SMILES string of the molecule is CC[C@H](C(=O)NC(C)(C)C)N(Cc1cccc(C)c1)C(=O)CN(c1ccc2c(c1)OCCO2)S(=O)(=O)c1ccccc1. The Bertz CT molecular complexity index is 1520. The lowest BCUT2D eigenvalue weighted by atomic mass is 10.0. The second-order valence-corrected chi connectivity index (χ2v) is 13.2. The van der Waals surface area contributed by atoms with Gasteiger partial charge >= 0.3 is 0 Å². The third-order valence-corrected chi connectivity index (χ3v) is 8.53. The third kappa shape index (κ3) is 7.42. The highest BCUT2D eigenvalue weighted by atomic mass is 32.2. The van der Waals surface area contributed by atoms with Crippen LogP contribution in [0, 0.1) is 6.92 Å². The van der Waals surface area contributed by atoms with Crippen molar-refractivity contribution in [3.63, 3.8) is 0 Å². The zero-order valence-electron chi connectivity index (χ0n) is 24.8. The summed E-state index contributed by atoms with van der Waals surface area (Å²) >= 11 is 0. The zero-order chi connectivity index (χ0) is 30.5. The van der Waals surface area contributed by atoms with Gasteiger partial charge in [0, 0.05) is 18.2 Å². The first-order chi connectivity index (χ1) is 19.9. The molecule has 42 heavy (non-hydrogen) atoms. The Labute approximate surface area is 248 Å². The molecule has 0 spiro atoms. The molecule has 10 heteroatoms. The van der Waals surface area contributed by atoms with Gasteiger partial charge in [0.2, 0.25) is 11.8 Å². The number of nitrogens with zero attached hydrogens (tertiary/aromatic N) is 2. The normalized spacial score (nSPS) is 13.6. The van der Waals surface area contributed by atoms with Crippen LogP contribution in [0.25, 0.3) is 0 Å². The summed E-state index contributed by atoms with van der Waals surface area (Å²) in [6, 6.07) is 19.6. The number of sulfonamides is 1. The number of ether oxygens (including phenoxy) is 2. The molecule has 1 atom stereocenters. The molecule has 0 unspecified atom stereocenters. The van der Waals surface area contributed by atoms with E-state index < -0.39 is 34.1 Å². The van der Waals surface area contributed by atoms with Gasteiger partial charge in [-0.25, -0.2) is 8.42 Å². The van der Waals surface area contributed by atoms with Gasteiger partial charge in [-0.1, -0.05) is 55.0 Å². The zero-order valence-corrected chi connectivity index (χ0v) is 25.6. The molecule has 9 nitrogen and oxygen atoms in total. The minimum Gasteiger partial charge on any atom is -0.486 e. The predicted molar refractivity (Wildman–Crippen MR) is 162 cm³/mol. The molecule has 1 aliphatic rings. The highest BCUT2D eigenvalue weighted by Crippen LogP contribution is 2.36. The molecule has 1 aliphatic heterocycles. The molecule has 0 fully saturated rings. The lowest BCUT2D eigenvalue weighted by Gasteiger charge is -2.35. The summed E-state index contributed by atoms with van der Waals surface area (Å²) in [6.07, 6.45) is 0.342. The van der Waals surface area contributed by atoms with Crippen molar-refractivity contribution in [3.05, 3.63) is 83.9 Å². The summed E-state index contributed by atoms with van der Waals surface area (Å²) in [5.74, 6) is 0.0797. The molecule has 0 saturated heterocycles. The van der Waals surface area contributed by atoms with E-state index in [1.165, 1.54) is 17.0 Å². The molecule has 0 bridgehead atoms. The number of aryl methyl sites for hydroxylation is 1. The Kier molecular flexibility index (Phi) is 9.46. The van der Waals surface area contributed by atoms with Gasteiger partial charge in [-0.15, -0.1) is 0 Å². The first-order valence-electron chi connectivity index (χ1n) is 14.0. The van der Waals surface area contributed by atoms with Gasteiger partial charge in [0.15, 0.2) is 11.5 Å². The maximum Gasteiger partial charge on any atom is 0.264 e. The van der Waals surface area contributed by atoms with E-state index in [4.69, 9.17) is 9.47 Å². The lowest BCUT2D eigenvalue weighted by molar-refractivity contribution is -0.141. The van der Waals surface area contributed by atoms with Crippen molar-refractivity contribution in [2.24, 2.45) is 0 Å². The lowest BCUT2D eigenvalue weighted by Crippen LogP contribution is -2.55. The molecule has 3 aromatic rings. The van der Waals surface area contributed by atoms with Gasteiger partial charge in [-0.3, -0.25) is 13.9 Å². The van der Waals surface area contributed by atoms with E-state index in [0.29, 0.717) is 31.1 Å². The van der Waals surface area contributed by atoms with Gasteiger partial charge in [0.25, 0.3) is 10.0 Å². The maximum atomic E-state index is 14.2. The fraction of sp³-hybridized carbons (Fsp3) is 0.375. The summed E-state index contributed by atoms with van der Waals surface area (Å²) in [6.45, 7) is 9.74. The van der Waals surface area contributed by atoms with Crippen molar-refractivity contribution < 1.29 is 27.5 Å². The fourth-order valence-electron chi connectivity index (χ4n) is 4.82. The van der Waals surface area contributed by atoms with Gasteiger partial charge in [-0.2, -0.15) is 0 Å². The second-order valence-electron chi connectivity index (χ2n) is 11.3. The summed E-state index contributed by atoms with van der Waals surface area (Å²) in [7, 11) is -4.18. The molecule has 0 aromatic heterocycles. The van der Waals surface area contributed by atoms with E-state index in [0.717, 1.165) is 15.4 Å². The number of nitrogens with one attached hydrogen (secondary N) is 1. The molecule has 1 heterocycles. The van der Waals surface area contributed by atoms with Crippen LogP contribution < -0.4 is 19.1 Å². The van der Waals surface area contributed by atoms with Crippen LogP contribution >= 0.6 is 0 Å². The Morgan fingerprint density at radius 2 is 1.62 bits per heavy atom. The summed E-state index contributed by atoms with van der Waals surface area (Å²) in [4.78, 5) is 29.2. The number of benzene rings is 3. The van der Waals surface area contributed by atoms with E-state index in [-0.39, 0.29) is 23.0 Å². The van der Waals surface area contributed by atoms with Crippen molar-refractivity contribution in [2.75, 3.05) is 24.1 Å². The highest BCUT2D eigenvalue weighted by Gasteiger charge is 2.35. The minimum atomic E-state index is -4.18. The van der Waals surface area contributed by atoms with Crippen molar-refractivity contribution in [3.8, 4) is 11.5 Å².